The molecule has 0 amide bonds. The van der Waals surface area contributed by atoms with Gasteiger partial charge in [-0.05, 0) is 47.2 Å². The van der Waals surface area contributed by atoms with Gasteiger partial charge in [-0.25, -0.2) is 8.78 Å². The highest BCUT2D eigenvalue weighted by atomic mass is 19.1. The Hall–Kier alpha value is -2.79. The van der Waals surface area contributed by atoms with Gasteiger partial charge in [-0.2, -0.15) is 0 Å². The van der Waals surface area contributed by atoms with Gasteiger partial charge in [0, 0.05) is 23.2 Å². The summed E-state index contributed by atoms with van der Waals surface area (Å²) in [5, 5.41) is 9.31. The number of methoxy groups -OCH3 is 1. The molecule has 2 aromatic carbocycles. The highest BCUT2D eigenvalue weighted by molar-refractivity contribution is 5.68. The number of aromatic nitrogens is 1. The molecule has 1 unspecified atom stereocenters. The first-order chi connectivity index (χ1) is 14.7. The summed E-state index contributed by atoms with van der Waals surface area (Å²) in [6.45, 7) is 6.13. The second kappa shape index (κ2) is 9.56. The Morgan fingerprint density at radius 2 is 1.74 bits per heavy atom. The van der Waals surface area contributed by atoms with Crippen molar-refractivity contribution >= 4 is 0 Å². The van der Waals surface area contributed by atoms with Crippen LogP contribution in [0.15, 0.2) is 54.6 Å². The zero-order valence-electron chi connectivity index (χ0n) is 18.5. The van der Waals surface area contributed by atoms with Gasteiger partial charge in [0.2, 0.25) is 0 Å². The number of ether oxygens (including phenoxy) is 1. The number of pyridine rings is 1. The van der Waals surface area contributed by atoms with Gasteiger partial charge in [0.15, 0.2) is 0 Å². The van der Waals surface area contributed by atoms with E-state index in [-0.39, 0.29) is 24.3 Å². The fraction of sp³-hybridized carbons (Fsp3) is 0.346. The fourth-order valence-electron chi connectivity index (χ4n) is 3.58. The summed E-state index contributed by atoms with van der Waals surface area (Å²) < 4.78 is 35.1. The predicted molar refractivity (Wildman–Crippen MR) is 119 cm³/mol. The van der Waals surface area contributed by atoms with Gasteiger partial charge >= 0.3 is 0 Å². The van der Waals surface area contributed by atoms with Crippen LogP contribution in [0.1, 0.15) is 49.5 Å². The lowest BCUT2D eigenvalue weighted by atomic mass is 9.87. The molecule has 0 saturated carbocycles. The van der Waals surface area contributed by atoms with Crippen LogP contribution in [0.25, 0.3) is 11.1 Å². The average molecular weight is 426 g/mol. The summed E-state index contributed by atoms with van der Waals surface area (Å²) >= 11 is 0. The van der Waals surface area contributed by atoms with E-state index in [2.05, 4.69) is 25.8 Å². The fourth-order valence-corrected chi connectivity index (χ4v) is 3.58. The molecule has 0 radical (unpaired) electrons. The first-order valence-corrected chi connectivity index (χ1v) is 10.4. The molecular weight excluding hydrogens is 396 g/mol. The standard InChI is InChI=1S/C26H29F2NO2/c1-26(2,3)15-25-20(21-14-19(31-4)8-10-22(21)27)9-11-24(29-25)23(28)13-17-6-5-7-18(12-17)16-30/h5-12,14,23,30H,13,15-16H2,1-4H3. The molecule has 1 aromatic heterocycles. The maximum Gasteiger partial charge on any atom is 0.146 e. The molecule has 0 fully saturated rings. The summed E-state index contributed by atoms with van der Waals surface area (Å²) in [5.74, 6) is 0.178. The summed E-state index contributed by atoms with van der Waals surface area (Å²) in [5.41, 5.74) is 3.44. The first kappa shape index (κ1) is 22.9. The third-order valence-electron chi connectivity index (χ3n) is 5.07. The molecule has 5 heteroatoms. The third kappa shape index (κ3) is 5.88. The Kier molecular flexibility index (Phi) is 7.06. The van der Waals surface area contributed by atoms with E-state index >= 15 is 4.39 Å². The Labute approximate surface area is 182 Å². The van der Waals surface area contributed by atoms with Crippen molar-refractivity contribution in [1.29, 1.82) is 0 Å². The molecule has 3 nitrogen and oxygen atoms in total. The van der Waals surface area contributed by atoms with E-state index < -0.39 is 6.17 Å². The molecule has 0 saturated heterocycles. The van der Waals surface area contributed by atoms with Crippen molar-refractivity contribution in [2.45, 2.75) is 46.4 Å². The minimum absolute atomic E-state index is 0.0838. The van der Waals surface area contributed by atoms with E-state index in [1.165, 1.54) is 13.2 Å². The lowest BCUT2D eigenvalue weighted by molar-refractivity contribution is 0.281. The Morgan fingerprint density at radius 3 is 2.42 bits per heavy atom. The first-order valence-electron chi connectivity index (χ1n) is 10.4. The van der Waals surface area contributed by atoms with Crippen LogP contribution in [0.5, 0.6) is 5.75 Å². The van der Waals surface area contributed by atoms with Gasteiger partial charge in [-0.3, -0.25) is 4.98 Å². The van der Waals surface area contributed by atoms with Crippen LogP contribution in [-0.4, -0.2) is 17.2 Å². The van der Waals surface area contributed by atoms with E-state index in [0.717, 1.165) is 11.1 Å². The van der Waals surface area contributed by atoms with Crippen molar-refractivity contribution in [2.24, 2.45) is 5.41 Å². The van der Waals surface area contributed by atoms with Crippen molar-refractivity contribution in [3.05, 3.63) is 82.9 Å². The van der Waals surface area contributed by atoms with Crippen LogP contribution in [0.2, 0.25) is 0 Å². The molecule has 31 heavy (non-hydrogen) atoms. The lowest BCUT2D eigenvalue weighted by Crippen LogP contribution is -2.13. The number of aliphatic hydroxyl groups is 1. The summed E-state index contributed by atoms with van der Waals surface area (Å²) in [6.07, 6.45) is -0.584. The van der Waals surface area contributed by atoms with Gasteiger partial charge < -0.3 is 9.84 Å². The largest absolute Gasteiger partial charge is 0.497 e. The quantitative estimate of drug-likeness (QED) is 0.488. The molecule has 1 heterocycles. The Balaban J connectivity index is 1.99. The van der Waals surface area contributed by atoms with Crippen molar-refractivity contribution in [2.75, 3.05) is 7.11 Å². The number of aliphatic hydroxyl groups excluding tert-OH is 1. The van der Waals surface area contributed by atoms with Crippen LogP contribution < -0.4 is 4.74 Å². The van der Waals surface area contributed by atoms with Crippen molar-refractivity contribution in [3.8, 4) is 16.9 Å². The lowest BCUT2D eigenvalue weighted by Gasteiger charge is -2.21. The zero-order valence-corrected chi connectivity index (χ0v) is 18.5. The number of alkyl halides is 1. The second-order valence-electron chi connectivity index (χ2n) is 8.96. The van der Waals surface area contributed by atoms with Gasteiger partial charge in [0.1, 0.15) is 17.7 Å². The van der Waals surface area contributed by atoms with Crippen LogP contribution in [0.3, 0.4) is 0 Å². The van der Waals surface area contributed by atoms with Gasteiger partial charge in [0.25, 0.3) is 0 Å². The van der Waals surface area contributed by atoms with E-state index in [9.17, 15) is 9.50 Å². The molecule has 1 N–H and O–H groups in total. The van der Waals surface area contributed by atoms with Crippen molar-refractivity contribution in [1.82, 2.24) is 4.98 Å². The molecule has 0 aliphatic carbocycles. The molecule has 0 bridgehead atoms. The van der Waals surface area contributed by atoms with Gasteiger partial charge in [-0.15, -0.1) is 0 Å². The molecule has 0 aliphatic heterocycles. The summed E-state index contributed by atoms with van der Waals surface area (Å²) in [7, 11) is 1.54. The minimum atomic E-state index is -1.31. The minimum Gasteiger partial charge on any atom is -0.497 e. The van der Waals surface area contributed by atoms with E-state index in [0.29, 0.717) is 34.7 Å². The van der Waals surface area contributed by atoms with Crippen LogP contribution in [-0.2, 0) is 19.4 Å². The second-order valence-corrected chi connectivity index (χ2v) is 8.96. The SMILES string of the molecule is COc1ccc(F)c(-c2ccc(C(F)Cc3cccc(CO)c3)nc2CC(C)(C)C)c1. The van der Waals surface area contributed by atoms with Crippen LogP contribution >= 0.6 is 0 Å². The third-order valence-corrected chi connectivity index (χ3v) is 5.07. The Morgan fingerprint density at radius 1 is 1.00 bits per heavy atom. The van der Waals surface area contributed by atoms with Crippen LogP contribution in [0.4, 0.5) is 8.78 Å². The van der Waals surface area contributed by atoms with Crippen LogP contribution in [0, 0.1) is 11.2 Å². The van der Waals surface area contributed by atoms with Gasteiger partial charge in [0.05, 0.1) is 19.4 Å². The molecule has 3 rings (SSSR count). The highest BCUT2D eigenvalue weighted by Gasteiger charge is 2.21. The molecule has 3 aromatic rings. The molecular formula is C26H29F2NO2. The normalized spacial score (nSPS) is 12.6. The highest BCUT2D eigenvalue weighted by Crippen LogP contribution is 2.34. The molecule has 164 valence electrons. The maximum absolute atomic E-state index is 15.2. The van der Waals surface area contributed by atoms with Crippen molar-refractivity contribution in [3.63, 3.8) is 0 Å². The molecule has 0 aliphatic rings. The number of rotatable bonds is 7. The average Bonchev–Trinajstić information content (AvgIpc) is 2.73. The number of benzene rings is 2. The molecule has 1 atom stereocenters. The number of nitrogens with zero attached hydrogens (tertiary/aromatic N) is 1. The monoisotopic (exact) mass is 425 g/mol. The smallest absolute Gasteiger partial charge is 0.146 e. The summed E-state index contributed by atoms with van der Waals surface area (Å²) in [4.78, 5) is 4.64. The molecule has 0 spiro atoms. The topological polar surface area (TPSA) is 42.4 Å². The van der Waals surface area contributed by atoms with Crippen molar-refractivity contribution < 1.29 is 18.6 Å². The van der Waals surface area contributed by atoms with E-state index in [4.69, 9.17) is 4.74 Å². The Bertz CT molecular complexity index is 1040. The predicted octanol–water partition coefficient (Wildman–Crippen LogP) is 6.23. The number of halogens is 2. The number of hydrogen-bond donors (Lipinski definition) is 1. The van der Waals surface area contributed by atoms with E-state index in [1.807, 2.05) is 6.07 Å². The zero-order chi connectivity index (χ0) is 22.6. The van der Waals surface area contributed by atoms with Gasteiger partial charge in [-0.1, -0.05) is 51.1 Å². The maximum atomic E-state index is 15.2. The number of hydrogen-bond acceptors (Lipinski definition) is 3. The summed E-state index contributed by atoms with van der Waals surface area (Å²) in [6, 6.07) is 15.2. The van der Waals surface area contributed by atoms with E-state index in [1.54, 1.807) is 42.5 Å².